The molecule has 0 radical (unpaired) electrons. The number of nitro benzene ring substituents is 2. The van der Waals surface area contributed by atoms with Crippen molar-refractivity contribution in [2.45, 2.75) is 24.5 Å². The molecule has 5 unspecified atom stereocenters. The van der Waals surface area contributed by atoms with Crippen LogP contribution in [0.4, 0.5) is 27.3 Å². The summed E-state index contributed by atoms with van der Waals surface area (Å²) in [6.07, 6.45) is -3.34. The standard InChI is InChI=1S/C16H17FN9O10P/c17-6-1-7(9(26(31)32)2-8(6)25(29)30)22-23-37(33,34)35-3-10-12(27)13(28)16(36-10)24-5-21-11-14(18)19-4-20-15(11)24/h1-2,4-5,10,12-13,16,22,27-28H,3H2,(H2,18,19,20)(H2,23,33,34). The fourth-order valence-electron chi connectivity index (χ4n) is 3.43. The van der Waals surface area contributed by atoms with Crippen molar-refractivity contribution in [2.24, 2.45) is 0 Å². The molecule has 0 amide bonds. The lowest BCUT2D eigenvalue weighted by molar-refractivity contribution is -0.395. The highest BCUT2D eigenvalue weighted by molar-refractivity contribution is 7.50. The number of nitrogens with zero attached hydrogens (tertiary/aromatic N) is 6. The summed E-state index contributed by atoms with van der Waals surface area (Å²) in [6.45, 7) is -0.766. The molecule has 1 aromatic carbocycles. The van der Waals surface area contributed by atoms with Crippen molar-refractivity contribution in [3.05, 3.63) is 50.8 Å². The molecule has 0 saturated carbocycles. The fourth-order valence-corrected chi connectivity index (χ4v) is 4.11. The maximum absolute atomic E-state index is 13.9. The summed E-state index contributed by atoms with van der Waals surface area (Å²) in [5.41, 5.74) is 5.15. The van der Waals surface area contributed by atoms with E-state index in [2.05, 4.69) is 15.0 Å². The molecule has 1 aliphatic heterocycles. The first-order valence-electron chi connectivity index (χ1n) is 9.97. The molecule has 21 heteroatoms. The minimum absolute atomic E-state index is 0.0598. The van der Waals surface area contributed by atoms with E-state index < -0.39 is 71.6 Å². The number of nitro groups is 2. The Labute approximate surface area is 203 Å². The van der Waals surface area contributed by atoms with Crippen molar-refractivity contribution in [1.29, 1.82) is 0 Å². The second-order valence-corrected chi connectivity index (χ2v) is 9.04. The number of nitrogens with two attached hydrogens (primary N) is 1. The van der Waals surface area contributed by atoms with Crippen molar-refractivity contribution in [2.75, 3.05) is 17.8 Å². The topological polar surface area (TPSA) is 276 Å². The van der Waals surface area contributed by atoms with Crippen LogP contribution in [0.5, 0.6) is 0 Å². The van der Waals surface area contributed by atoms with Gasteiger partial charge < -0.3 is 31.0 Å². The minimum atomic E-state index is -4.85. The summed E-state index contributed by atoms with van der Waals surface area (Å²) >= 11 is 0. The Kier molecular flexibility index (Phi) is 6.97. The number of hydrogen-bond donors (Lipinski definition) is 6. The highest BCUT2D eigenvalue weighted by Gasteiger charge is 2.45. The normalized spacial score (nSPS) is 23.1. The molecule has 3 aromatic rings. The van der Waals surface area contributed by atoms with E-state index in [0.29, 0.717) is 12.1 Å². The van der Waals surface area contributed by atoms with Gasteiger partial charge in [0.05, 0.1) is 28.8 Å². The summed E-state index contributed by atoms with van der Waals surface area (Å²) in [5.74, 6) is -1.39. The Morgan fingerprint density at radius 3 is 2.57 bits per heavy atom. The summed E-state index contributed by atoms with van der Waals surface area (Å²) in [6, 6.07) is 0.699. The number of aliphatic hydroxyl groups is 2. The van der Waals surface area contributed by atoms with Gasteiger partial charge in [0.25, 0.3) is 0 Å². The Hall–Kier alpha value is -3.91. The van der Waals surface area contributed by atoms with Gasteiger partial charge in [-0.05, 0) is 0 Å². The summed E-state index contributed by atoms with van der Waals surface area (Å²) in [5, 5.41) is 44.4. The van der Waals surface area contributed by atoms with Gasteiger partial charge >= 0.3 is 19.1 Å². The summed E-state index contributed by atoms with van der Waals surface area (Å²) < 4.78 is 37.9. The van der Waals surface area contributed by atoms with E-state index in [-0.39, 0.29) is 17.0 Å². The van der Waals surface area contributed by atoms with Crippen molar-refractivity contribution < 1.29 is 43.2 Å². The Morgan fingerprint density at radius 2 is 1.89 bits per heavy atom. The number of nitrogens with one attached hydrogen (secondary N) is 2. The number of nitrogen functional groups attached to an aromatic ring is 1. The smallest absolute Gasteiger partial charge is 0.387 e. The summed E-state index contributed by atoms with van der Waals surface area (Å²) in [7, 11) is -4.85. The molecule has 4 rings (SSSR count). The van der Waals surface area contributed by atoms with E-state index in [1.165, 1.54) is 10.9 Å². The molecule has 19 nitrogen and oxygen atoms in total. The van der Waals surface area contributed by atoms with Crippen LogP contribution in [0.15, 0.2) is 24.8 Å². The lowest BCUT2D eigenvalue weighted by Crippen LogP contribution is -2.34. The van der Waals surface area contributed by atoms with E-state index in [0.717, 1.165) is 6.33 Å². The van der Waals surface area contributed by atoms with E-state index in [4.69, 9.17) is 15.0 Å². The maximum atomic E-state index is 13.9. The Balaban J connectivity index is 1.43. The molecule has 5 atom stereocenters. The van der Waals surface area contributed by atoms with E-state index in [1.54, 1.807) is 5.20 Å². The van der Waals surface area contributed by atoms with Gasteiger partial charge in [0.2, 0.25) is 5.82 Å². The van der Waals surface area contributed by atoms with Crippen molar-refractivity contribution in [3.8, 4) is 0 Å². The number of ether oxygens (including phenoxy) is 1. The van der Waals surface area contributed by atoms with E-state index in [9.17, 15) is 44.3 Å². The molecule has 1 saturated heterocycles. The number of rotatable bonds is 9. The maximum Gasteiger partial charge on any atom is 0.420 e. The van der Waals surface area contributed by atoms with Gasteiger partial charge in [-0.25, -0.2) is 19.5 Å². The molecule has 1 aliphatic rings. The first kappa shape index (κ1) is 26.2. The van der Waals surface area contributed by atoms with Gasteiger partial charge in [-0.2, -0.15) is 4.39 Å². The van der Waals surface area contributed by atoms with Crippen molar-refractivity contribution in [3.63, 3.8) is 0 Å². The van der Waals surface area contributed by atoms with Gasteiger partial charge in [0.1, 0.15) is 35.8 Å². The number of aromatic nitrogens is 4. The molecule has 0 aliphatic carbocycles. The third-order valence-corrected chi connectivity index (χ3v) is 6.10. The van der Waals surface area contributed by atoms with E-state index >= 15 is 0 Å². The number of benzene rings is 1. The molecule has 1 fully saturated rings. The number of fused-ring (bicyclic) bond motifs is 1. The number of hydrazine groups is 1. The van der Waals surface area contributed by atoms with Crippen molar-refractivity contribution in [1.82, 2.24) is 24.7 Å². The average molecular weight is 545 g/mol. The zero-order chi connectivity index (χ0) is 27.1. The van der Waals surface area contributed by atoms with Crippen LogP contribution in [0.2, 0.25) is 0 Å². The minimum Gasteiger partial charge on any atom is -0.387 e. The summed E-state index contributed by atoms with van der Waals surface area (Å²) in [4.78, 5) is 41.5. The van der Waals surface area contributed by atoms with Gasteiger partial charge in [0.15, 0.2) is 17.7 Å². The van der Waals surface area contributed by atoms with E-state index in [1.807, 2.05) is 5.43 Å². The number of anilines is 2. The molecule has 3 heterocycles. The third kappa shape index (κ3) is 5.15. The molecule has 0 spiro atoms. The second-order valence-electron chi connectivity index (χ2n) is 7.52. The number of aliphatic hydroxyl groups excluding tert-OH is 2. The molecular formula is C16H17FN9O10P. The fraction of sp³-hybridized carbons (Fsp3) is 0.312. The quantitative estimate of drug-likeness (QED) is 0.114. The van der Waals surface area contributed by atoms with Gasteiger partial charge in [-0.3, -0.25) is 29.3 Å². The molecule has 2 aromatic heterocycles. The van der Waals surface area contributed by atoms with Crippen LogP contribution < -0.4 is 16.4 Å². The lowest BCUT2D eigenvalue weighted by atomic mass is 10.1. The predicted molar refractivity (Wildman–Crippen MR) is 118 cm³/mol. The number of imidazole rings is 1. The first-order valence-corrected chi connectivity index (χ1v) is 11.5. The molecule has 37 heavy (non-hydrogen) atoms. The zero-order valence-electron chi connectivity index (χ0n) is 18.1. The van der Waals surface area contributed by atoms with Crippen LogP contribution in [0.25, 0.3) is 11.2 Å². The van der Waals surface area contributed by atoms with Crippen LogP contribution in [-0.2, 0) is 13.8 Å². The highest BCUT2D eigenvalue weighted by Crippen LogP contribution is 2.40. The third-order valence-electron chi connectivity index (χ3n) is 5.20. The largest absolute Gasteiger partial charge is 0.420 e. The van der Waals surface area contributed by atoms with Crippen LogP contribution in [0.1, 0.15) is 6.23 Å². The number of halogens is 1. The second kappa shape index (κ2) is 9.86. The Morgan fingerprint density at radius 1 is 1.19 bits per heavy atom. The molecule has 7 N–H and O–H groups in total. The number of hydrogen-bond acceptors (Lipinski definition) is 14. The molecule has 198 valence electrons. The van der Waals surface area contributed by atoms with Crippen LogP contribution in [-0.4, -0.2) is 69.4 Å². The van der Waals surface area contributed by atoms with Crippen LogP contribution >= 0.6 is 7.75 Å². The van der Waals surface area contributed by atoms with Gasteiger partial charge in [-0.1, -0.05) is 0 Å². The monoisotopic (exact) mass is 545 g/mol. The highest BCUT2D eigenvalue weighted by atomic mass is 31.2. The molecule has 0 bridgehead atoms. The van der Waals surface area contributed by atoms with Gasteiger partial charge in [-0.15, -0.1) is 5.20 Å². The van der Waals surface area contributed by atoms with Gasteiger partial charge in [0, 0.05) is 6.07 Å². The first-order chi connectivity index (χ1) is 17.4. The van der Waals surface area contributed by atoms with Crippen LogP contribution in [0.3, 0.4) is 0 Å². The Bertz CT molecular complexity index is 1420. The predicted octanol–water partition coefficient (Wildman–Crippen LogP) is -0.283. The zero-order valence-corrected chi connectivity index (χ0v) is 19.0. The van der Waals surface area contributed by atoms with Crippen LogP contribution in [0, 0.1) is 26.0 Å². The molecular weight excluding hydrogens is 528 g/mol. The lowest BCUT2D eigenvalue weighted by Gasteiger charge is -2.19. The average Bonchev–Trinajstić information content (AvgIpc) is 3.38. The SMILES string of the molecule is Nc1ncnc2c1ncn2C1OC(COP(=O)(O)NNc2cc(F)c([N+](=O)[O-])cc2[N+](=O)[O-])C(O)C1O. The van der Waals surface area contributed by atoms with Crippen molar-refractivity contribution >= 4 is 41.8 Å².